The Balaban J connectivity index is 0.00000192. The van der Waals surface area contributed by atoms with Crippen molar-refractivity contribution in [1.29, 1.82) is 0 Å². The number of rotatable bonds is 4. The minimum absolute atomic E-state index is 0. The summed E-state index contributed by atoms with van der Waals surface area (Å²) in [5.74, 6) is 0.893. The zero-order chi connectivity index (χ0) is 15.2. The molecule has 9 heteroatoms. The number of nitrogens with zero attached hydrogens (tertiary/aromatic N) is 5. The van der Waals surface area contributed by atoms with Crippen LogP contribution in [0.1, 0.15) is 11.4 Å². The van der Waals surface area contributed by atoms with Gasteiger partial charge in [-0.2, -0.15) is 0 Å². The molecule has 1 aliphatic rings. The molecule has 23 heavy (non-hydrogen) atoms. The summed E-state index contributed by atoms with van der Waals surface area (Å²) in [6, 6.07) is 3.75. The van der Waals surface area contributed by atoms with E-state index in [1.54, 1.807) is 19.6 Å². The highest BCUT2D eigenvalue weighted by Gasteiger charge is 2.20. The summed E-state index contributed by atoms with van der Waals surface area (Å²) in [5.41, 5.74) is 1.84. The average molecular weight is 432 g/mol. The van der Waals surface area contributed by atoms with Gasteiger partial charge in [-0.05, 0) is 0 Å². The van der Waals surface area contributed by atoms with Crippen LogP contribution in [0.4, 0.5) is 0 Å². The molecule has 3 rings (SSSR count). The smallest absolute Gasteiger partial charge is 0.194 e. The van der Waals surface area contributed by atoms with Gasteiger partial charge in [-0.15, -0.1) is 24.0 Å². The molecular formula is C14H21IN6O2. The number of aliphatic imine (C=N–C) groups is 1. The summed E-state index contributed by atoms with van der Waals surface area (Å²) >= 11 is 0. The monoisotopic (exact) mass is 432 g/mol. The normalized spacial score (nSPS) is 16.2. The molecule has 3 heterocycles. The van der Waals surface area contributed by atoms with Gasteiger partial charge in [0.1, 0.15) is 18.2 Å². The van der Waals surface area contributed by atoms with Crippen molar-refractivity contribution in [3.8, 4) is 0 Å². The lowest BCUT2D eigenvalue weighted by atomic mass is 10.3. The molecule has 0 saturated carbocycles. The lowest BCUT2D eigenvalue weighted by Crippen LogP contribution is -2.52. The Morgan fingerprint density at radius 1 is 1.13 bits per heavy atom. The minimum Gasteiger partial charge on any atom is -0.364 e. The predicted octanol–water partition coefficient (Wildman–Crippen LogP) is 1.17. The van der Waals surface area contributed by atoms with E-state index >= 15 is 0 Å². The fourth-order valence-electron chi connectivity index (χ4n) is 2.50. The third-order valence-electron chi connectivity index (χ3n) is 3.68. The van der Waals surface area contributed by atoms with Crippen molar-refractivity contribution in [2.45, 2.75) is 13.1 Å². The lowest BCUT2D eigenvalue weighted by Gasteiger charge is -2.36. The second kappa shape index (κ2) is 8.87. The van der Waals surface area contributed by atoms with Crippen LogP contribution in [0, 0.1) is 0 Å². The van der Waals surface area contributed by atoms with Gasteiger partial charge < -0.3 is 19.3 Å². The minimum atomic E-state index is 0. The standard InChI is InChI=1S/C14H20N6O2.HI/c1-15-14(16-10-12-2-8-21-17-12)20-6-4-19(5-7-20)11-13-3-9-22-18-13;/h2-3,8-9H,4-7,10-11H2,1H3,(H,15,16);1H. The first kappa shape index (κ1) is 17.7. The first-order valence-electron chi connectivity index (χ1n) is 7.31. The molecule has 0 radical (unpaired) electrons. The highest BCUT2D eigenvalue weighted by atomic mass is 127. The second-order valence-corrected chi connectivity index (χ2v) is 5.15. The maximum Gasteiger partial charge on any atom is 0.194 e. The van der Waals surface area contributed by atoms with Gasteiger partial charge in [0.15, 0.2) is 5.96 Å². The number of hydrogen-bond donors (Lipinski definition) is 1. The third-order valence-corrected chi connectivity index (χ3v) is 3.68. The molecule has 1 saturated heterocycles. The van der Waals surface area contributed by atoms with E-state index in [1.807, 2.05) is 12.1 Å². The van der Waals surface area contributed by atoms with Crippen LogP contribution < -0.4 is 5.32 Å². The van der Waals surface area contributed by atoms with Crippen LogP contribution in [0.2, 0.25) is 0 Å². The van der Waals surface area contributed by atoms with Gasteiger partial charge in [0, 0.05) is 51.9 Å². The SMILES string of the molecule is CN=C(NCc1ccon1)N1CCN(Cc2ccon2)CC1.I. The highest BCUT2D eigenvalue weighted by molar-refractivity contribution is 14.0. The van der Waals surface area contributed by atoms with E-state index in [-0.39, 0.29) is 24.0 Å². The van der Waals surface area contributed by atoms with Crippen molar-refractivity contribution in [2.24, 2.45) is 4.99 Å². The summed E-state index contributed by atoms with van der Waals surface area (Å²) in [7, 11) is 1.80. The molecule has 2 aromatic rings. The largest absolute Gasteiger partial charge is 0.364 e. The lowest BCUT2D eigenvalue weighted by molar-refractivity contribution is 0.169. The van der Waals surface area contributed by atoms with Crippen molar-refractivity contribution >= 4 is 29.9 Å². The van der Waals surface area contributed by atoms with Crippen LogP contribution in [0.25, 0.3) is 0 Å². The summed E-state index contributed by atoms with van der Waals surface area (Å²) in [6.45, 7) is 5.24. The van der Waals surface area contributed by atoms with Crippen LogP contribution in [-0.2, 0) is 13.1 Å². The maximum atomic E-state index is 4.87. The predicted molar refractivity (Wildman–Crippen MR) is 95.5 cm³/mol. The zero-order valence-electron chi connectivity index (χ0n) is 13.0. The van der Waals surface area contributed by atoms with Crippen LogP contribution in [-0.4, -0.2) is 59.3 Å². The van der Waals surface area contributed by atoms with E-state index in [0.717, 1.165) is 50.1 Å². The first-order chi connectivity index (χ1) is 10.8. The van der Waals surface area contributed by atoms with Gasteiger partial charge in [0.2, 0.25) is 0 Å². The first-order valence-corrected chi connectivity index (χ1v) is 7.31. The van der Waals surface area contributed by atoms with Crippen molar-refractivity contribution in [1.82, 2.24) is 25.4 Å². The van der Waals surface area contributed by atoms with Crippen molar-refractivity contribution in [2.75, 3.05) is 33.2 Å². The quantitative estimate of drug-likeness (QED) is 0.441. The van der Waals surface area contributed by atoms with Gasteiger partial charge in [-0.25, -0.2) is 0 Å². The Morgan fingerprint density at radius 2 is 1.78 bits per heavy atom. The van der Waals surface area contributed by atoms with Crippen molar-refractivity contribution in [3.05, 3.63) is 36.0 Å². The molecule has 1 fully saturated rings. The highest BCUT2D eigenvalue weighted by Crippen LogP contribution is 2.07. The molecule has 0 amide bonds. The molecule has 2 aromatic heterocycles. The maximum absolute atomic E-state index is 4.87. The number of guanidine groups is 1. The number of nitrogens with one attached hydrogen (secondary N) is 1. The molecule has 126 valence electrons. The van der Waals surface area contributed by atoms with E-state index < -0.39 is 0 Å². The average Bonchev–Trinajstić information content (AvgIpc) is 3.23. The molecule has 0 bridgehead atoms. The molecule has 0 spiro atoms. The fraction of sp³-hybridized carbons (Fsp3) is 0.500. The molecule has 0 aliphatic carbocycles. The Morgan fingerprint density at radius 3 is 2.35 bits per heavy atom. The van der Waals surface area contributed by atoms with Gasteiger partial charge in [-0.3, -0.25) is 9.89 Å². The van der Waals surface area contributed by atoms with Gasteiger partial charge >= 0.3 is 0 Å². The molecule has 1 N–H and O–H groups in total. The Labute approximate surface area is 151 Å². The fourth-order valence-corrected chi connectivity index (χ4v) is 2.50. The Kier molecular flexibility index (Phi) is 6.84. The number of hydrogen-bond acceptors (Lipinski definition) is 6. The molecule has 0 aromatic carbocycles. The second-order valence-electron chi connectivity index (χ2n) is 5.15. The van der Waals surface area contributed by atoms with Crippen LogP contribution in [0.15, 0.2) is 38.7 Å². The van der Waals surface area contributed by atoms with E-state index in [9.17, 15) is 0 Å². The number of aromatic nitrogens is 2. The Bertz CT molecular complexity index is 578. The summed E-state index contributed by atoms with van der Waals surface area (Å²) in [6.07, 6.45) is 3.18. The molecule has 8 nitrogen and oxygen atoms in total. The van der Waals surface area contributed by atoms with E-state index in [0.29, 0.717) is 6.54 Å². The summed E-state index contributed by atoms with van der Waals surface area (Å²) in [4.78, 5) is 8.95. The number of piperazine rings is 1. The molecule has 0 atom stereocenters. The topological polar surface area (TPSA) is 82.9 Å². The molecule has 0 unspecified atom stereocenters. The zero-order valence-corrected chi connectivity index (χ0v) is 15.3. The summed E-state index contributed by atoms with van der Waals surface area (Å²) < 4.78 is 9.70. The van der Waals surface area contributed by atoms with E-state index in [1.165, 1.54) is 0 Å². The van der Waals surface area contributed by atoms with Crippen LogP contribution >= 0.6 is 24.0 Å². The Hall–Kier alpha value is -1.62. The van der Waals surface area contributed by atoms with Crippen LogP contribution in [0.3, 0.4) is 0 Å². The van der Waals surface area contributed by atoms with Gasteiger partial charge in [0.25, 0.3) is 0 Å². The molecular weight excluding hydrogens is 411 g/mol. The van der Waals surface area contributed by atoms with E-state index in [2.05, 4.69) is 30.4 Å². The molecule has 1 aliphatic heterocycles. The van der Waals surface area contributed by atoms with E-state index in [4.69, 9.17) is 9.05 Å². The van der Waals surface area contributed by atoms with Crippen molar-refractivity contribution in [3.63, 3.8) is 0 Å². The van der Waals surface area contributed by atoms with Crippen LogP contribution in [0.5, 0.6) is 0 Å². The van der Waals surface area contributed by atoms with Crippen molar-refractivity contribution < 1.29 is 9.05 Å². The summed E-state index contributed by atoms with van der Waals surface area (Å²) in [5, 5.41) is 11.2. The third kappa shape index (κ3) is 4.93. The number of halogens is 1. The van der Waals surface area contributed by atoms with Gasteiger partial charge in [0.05, 0.1) is 12.2 Å². The van der Waals surface area contributed by atoms with Gasteiger partial charge in [-0.1, -0.05) is 10.3 Å².